The number of rotatable bonds is 4. The molecule has 0 spiro atoms. The number of carbonyl (C=O) groups excluding carboxylic acids is 1. The van der Waals surface area contributed by atoms with Crippen LogP contribution in [-0.2, 0) is 4.74 Å². The summed E-state index contributed by atoms with van der Waals surface area (Å²) < 4.78 is 4.65. The van der Waals surface area contributed by atoms with Crippen molar-refractivity contribution in [2.75, 3.05) is 31.6 Å². The summed E-state index contributed by atoms with van der Waals surface area (Å²) in [6.45, 7) is 4.90. The number of methoxy groups -OCH3 is 1. The Balaban J connectivity index is 1.80. The molecule has 0 aliphatic carbocycles. The molecule has 0 radical (unpaired) electrons. The number of nitro benzene ring substituents is 1. The average molecular weight is 382 g/mol. The number of likely N-dealkylation sites (tertiary alicyclic amines) is 1. The molecule has 2 aliphatic heterocycles. The number of nitro groups is 1. The maximum atomic E-state index is 11.8. The number of piperidine rings is 1. The Bertz CT molecular complexity index is 704. The van der Waals surface area contributed by atoms with Gasteiger partial charge in [-0.2, -0.15) is 0 Å². The molecular formula is C18H24ClN3O4. The van der Waals surface area contributed by atoms with Crippen LogP contribution in [0.2, 0.25) is 5.02 Å². The highest BCUT2D eigenvalue weighted by Gasteiger charge is 2.33. The molecule has 26 heavy (non-hydrogen) atoms. The number of ether oxygens (including phenoxy) is 1. The van der Waals surface area contributed by atoms with Crippen molar-refractivity contribution in [3.05, 3.63) is 32.8 Å². The highest BCUT2D eigenvalue weighted by Crippen LogP contribution is 2.36. The van der Waals surface area contributed by atoms with Gasteiger partial charge in [0.2, 0.25) is 0 Å². The maximum absolute atomic E-state index is 11.8. The number of benzene rings is 1. The molecule has 0 bridgehead atoms. The van der Waals surface area contributed by atoms with Gasteiger partial charge in [-0.25, -0.2) is 4.79 Å². The average Bonchev–Trinajstić information content (AvgIpc) is 3.06. The monoisotopic (exact) mass is 381 g/mol. The van der Waals surface area contributed by atoms with Crippen LogP contribution < -0.4 is 4.90 Å². The summed E-state index contributed by atoms with van der Waals surface area (Å²) in [4.78, 5) is 27.4. The van der Waals surface area contributed by atoms with Crippen molar-refractivity contribution in [2.45, 2.75) is 44.7 Å². The number of carbonyl (C=O) groups is 1. The van der Waals surface area contributed by atoms with E-state index in [2.05, 4.69) is 16.6 Å². The van der Waals surface area contributed by atoms with Gasteiger partial charge >= 0.3 is 5.97 Å². The summed E-state index contributed by atoms with van der Waals surface area (Å²) in [7, 11) is 1.22. The van der Waals surface area contributed by atoms with Crippen LogP contribution in [0.5, 0.6) is 0 Å². The lowest BCUT2D eigenvalue weighted by Crippen LogP contribution is -2.46. The van der Waals surface area contributed by atoms with Crippen LogP contribution in [0.4, 0.5) is 11.4 Å². The Morgan fingerprint density at radius 3 is 2.50 bits per heavy atom. The zero-order chi connectivity index (χ0) is 18.8. The van der Waals surface area contributed by atoms with Gasteiger partial charge in [0.05, 0.1) is 22.6 Å². The smallest absolute Gasteiger partial charge is 0.339 e. The van der Waals surface area contributed by atoms with Crippen molar-refractivity contribution in [1.29, 1.82) is 0 Å². The molecule has 0 aromatic heterocycles. The maximum Gasteiger partial charge on any atom is 0.339 e. The van der Waals surface area contributed by atoms with Crippen LogP contribution in [0.3, 0.4) is 0 Å². The number of hydrogen-bond acceptors (Lipinski definition) is 6. The molecule has 7 nitrogen and oxygen atoms in total. The zero-order valence-electron chi connectivity index (χ0n) is 15.1. The first kappa shape index (κ1) is 18.9. The molecule has 1 atom stereocenters. The highest BCUT2D eigenvalue weighted by molar-refractivity contribution is 6.34. The number of esters is 1. The number of halogens is 1. The van der Waals surface area contributed by atoms with E-state index in [1.807, 2.05) is 4.90 Å². The standard InChI is InChI=1S/C18H24ClN3O4/c1-12-4-3-7-21(12)13-5-8-20(9-6-13)16-11-15(19)14(18(23)26-2)10-17(16)22(24)25/h10-13H,3-9H2,1-2H3. The van der Waals surface area contributed by atoms with E-state index in [9.17, 15) is 14.9 Å². The van der Waals surface area contributed by atoms with Gasteiger partial charge in [-0.15, -0.1) is 0 Å². The molecule has 2 heterocycles. The van der Waals surface area contributed by atoms with Gasteiger partial charge in [0.15, 0.2) is 0 Å². The third-order valence-electron chi connectivity index (χ3n) is 5.54. The molecule has 142 valence electrons. The number of nitrogens with zero attached hydrogens (tertiary/aromatic N) is 3. The molecular weight excluding hydrogens is 358 g/mol. The lowest BCUT2D eigenvalue weighted by molar-refractivity contribution is -0.384. The molecule has 3 rings (SSSR count). The molecule has 2 fully saturated rings. The second-order valence-electron chi connectivity index (χ2n) is 7.02. The Hall–Kier alpha value is -1.86. The third-order valence-corrected chi connectivity index (χ3v) is 5.86. The van der Waals surface area contributed by atoms with E-state index in [0.29, 0.717) is 17.8 Å². The summed E-state index contributed by atoms with van der Waals surface area (Å²) in [5.41, 5.74) is 0.383. The van der Waals surface area contributed by atoms with Crippen LogP contribution >= 0.6 is 11.6 Å². The second kappa shape index (κ2) is 7.80. The van der Waals surface area contributed by atoms with E-state index in [0.717, 1.165) is 32.5 Å². The largest absolute Gasteiger partial charge is 0.465 e. The predicted molar refractivity (Wildman–Crippen MR) is 100 cm³/mol. The van der Waals surface area contributed by atoms with E-state index in [4.69, 9.17) is 11.6 Å². The van der Waals surface area contributed by atoms with Gasteiger partial charge in [0.25, 0.3) is 5.69 Å². The zero-order valence-corrected chi connectivity index (χ0v) is 15.9. The topological polar surface area (TPSA) is 75.9 Å². The van der Waals surface area contributed by atoms with Crippen molar-refractivity contribution in [2.24, 2.45) is 0 Å². The van der Waals surface area contributed by atoms with E-state index >= 15 is 0 Å². The van der Waals surface area contributed by atoms with E-state index < -0.39 is 10.9 Å². The van der Waals surface area contributed by atoms with Crippen LogP contribution in [0, 0.1) is 10.1 Å². The van der Waals surface area contributed by atoms with Gasteiger partial charge in [-0.1, -0.05) is 11.6 Å². The van der Waals surface area contributed by atoms with Crippen molar-refractivity contribution < 1.29 is 14.5 Å². The Kier molecular flexibility index (Phi) is 5.67. The van der Waals surface area contributed by atoms with Gasteiger partial charge in [-0.05, 0) is 45.2 Å². The number of anilines is 1. The molecule has 0 saturated carbocycles. The Labute approximate surface area is 158 Å². The van der Waals surface area contributed by atoms with E-state index in [1.165, 1.54) is 32.1 Å². The first-order valence-corrected chi connectivity index (χ1v) is 9.37. The molecule has 1 unspecified atom stereocenters. The van der Waals surface area contributed by atoms with Gasteiger partial charge in [0, 0.05) is 31.2 Å². The van der Waals surface area contributed by atoms with E-state index in [1.54, 1.807) is 0 Å². The molecule has 8 heteroatoms. The fourth-order valence-corrected chi connectivity index (χ4v) is 4.39. The summed E-state index contributed by atoms with van der Waals surface area (Å²) in [5, 5.41) is 11.7. The summed E-state index contributed by atoms with van der Waals surface area (Å²) in [6.07, 6.45) is 4.43. The van der Waals surface area contributed by atoms with Crippen molar-refractivity contribution >= 4 is 28.9 Å². The molecule has 0 N–H and O–H groups in total. The number of hydrogen-bond donors (Lipinski definition) is 0. The molecule has 1 aromatic carbocycles. The highest BCUT2D eigenvalue weighted by atomic mass is 35.5. The van der Waals surface area contributed by atoms with Crippen LogP contribution in [-0.4, -0.2) is 54.6 Å². The fraction of sp³-hybridized carbons (Fsp3) is 0.611. The lowest BCUT2D eigenvalue weighted by Gasteiger charge is -2.39. The van der Waals surface area contributed by atoms with Crippen LogP contribution in [0.15, 0.2) is 12.1 Å². The van der Waals surface area contributed by atoms with Crippen molar-refractivity contribution in [3.8, 4) is 0 Å². The van der Waals surface area contributed by atoms with Gasteiger partial charge in [0.1, 0.15) is 5.69 Å². The third kappa shape index (κ3) is 3.64. The minimum atomic E-state index is -0.675. The first-order chi connectivity index (χ1) is 12.4. The second-order valence-corrected chi connectivity index (χ2v) is 7.42. The lowest BCUT2D eigenvalue weighted by atomic mass is 10.0. The Morgan fingerprint density at radius 1 is 1.27 bits per heavy atom. The Morgan fingerprint density at radius 2 is 1.96 bits per heavy atom. The van der Waals surface area contributed by atoms with E-state index in [-0.39, 0.29) is 16.3 Å². The minimum Gasteiger partial charge on any atom is -0.465 e. The normalized spacial score (nSPS) is 21.8. The summed E-state index contributed by atoms with van der Waals surface area (Å²) in [6, 6.07) is 3.89. The molecule has 1 aromatic rings. The first-order valence-electron chi connectivity index (χ1n) is 8.99. The van der Waals surface area contributed by atoms with Crippen LogP contribution in [0.1, 0.15) is 43.0 Å². The summed E-state index contributed by atoms with van der Waals surface area (Å²) in [5.74, 6) is -0.675. The SMILES string of the molecule is COC(=O)c1cc([N+](=O)[O-])c(N2CCC(N3CCCC3C)CC2)cc1Cl. The summed E-state index contributed by atoms with van der Waals surface area (Å²) >= 11 is 6.19. The van der Waals surface area contributed by atoms with Crippen molar-refractivity contribution in [1.82, 2.24) is 4.90 Å². The van der Waals surface area contributed by atoms with Crippen LogP contribution in [0.25, 0.3) is 0 Å². The molecule has 0 amide bonds. The predicted octanol–water partition coefficient (Wildman–Crippen LogP) is 3.49. The quantitative estimate of drug-likeness (QED) is 0.451. The molecule has 2 aliphatic rings. The van der Waals surface area contributed by atoms with Gasteiger partial charge in [-0.3, -0.25) is 15.0 Å². The molecule has 2 saturated heterocycles. The fourth-order valence-electron chi connectivity index (χ4n) is 4.15. The minimum absolute atomic E-state index is 0.0189. The van der Waals surface area contributed by atoms with Crippen molar-refractivity contribution in [3.63, 3.8) is 0 Å². The van der Waals surface area contributed by atoms with Gasteiger partial charge < -0.3 is 9.64 Å².